The van der Waals surface area contributed by atoms with E-state index in [1.165, 1.54) is 24.3 Å². The summed E-state index contributed by atoms with van der Waals surface area (Å²) in [6, 6.07) is 1.96. The van der Waals surface area contributed by atoms with Crippen molar-refractivity contribution in [3.63, 3.8) is 0 Å². The van der Waals surface area contributed by atoms with Gasteiger partial charge in [-0.1, -0.05) is 25.4 Å². The van der Waals surface area contributed by atoms with Gasteiger partial charge in [-0.05, 0) is 36.3 Å². The summed E-state index contributed by atoms with van der Waals surface area (Å²) in [7, 11) is 0. The number of aldehydes is 1. The first-order chi connectivity index (χ1) is 10.1. The number of hydrogen-bond donors (Lipinski definition) is 0. The fourth-order valence-electron chi connectivity index (χ4n) is 2.36. The number of pyridine rings is 2. The summed E-state index contributed by atoms with van der Waals surface area (Å²) in [4.78, 5) is 19.9. The molecule has 0 saturated carbocycles. The van der Waals surface area contributed by atoms with E-state index in [1.54, 1.807) is 0 Å². The quantitative estimate of drug-likeness (QED) is 0.625. The van der Waals surface area contributed by atoms with Gasteiger partial charge in [0.05, 0.1) is 0 Å². The largest absolute Gasteiger partial charge is 0.356 e. The Labute approximate surface area is 130 Å². The van der Waals surface area contributed by atoms with Gasteiger partial charge >= 0.3 is 0 Å². The van der Waals surface area contributed by atoms with E-state index < -0.39 is 0 Å². The fourth-order valence-corrected chi connectivity index (χ4v) is 2.51. The molecule has 1 fully saturated rings. The highest BCUT2D eigenvalue weighted by Gasteiger charge is 2.20. The van der Waals surface area contributed by atoms with E-state index in [4.69, 9.17) is 16.4 Å². The summed E-state index contributed by atoms with van der Waals surface area (Å²) >= 11 is 6.03. The highest BCUT2D eigenvalue weighted by Crippen LogP contribution is 2.33. The summed E-state index contributed by atoms with van der Waals surface area (Å²) in [6.45, 7) is 7.97. The zero-order valence-corrected chi connectivity index (χ0v) is 13.4. The van der Waals surface area contributed by atoms with E-state index >= 15 is 0 Å². The van der Waals surface area contributed by atoms with Crippen LogP contribution in [0.3, 0.4) is 0 Å². The SMILES string of the molecule is CC(C)c1cnc(N2CCC2)c2cnc(Cl)cc12.CC=O. The normalized spacial score (nSPS) is 13.7. The van der Waals surface area contributed by atoms with Gasteiger partial charge in [0.25, 0.3) is 0 Å². The molecule has 0 spiro atoms. The lowest BCUT2D eigenvalue weighted by Crippen LogP contribution is -2.37. The Morgan fingerprint density at radius 3 is 2.43 bits per heavy atom. The van der Waals surface area contributed by atoms with Crippen LogP contribution in [0.1, 0.15) is 38.7 Å². The molecule has 0 amide bonds. The van der Waals surface area contributed by atoms with Crippen molar-refractivity contribution in [2.24, 2.45) is 0 Å². The second-order valence-corrected chi connectivity index (χ2v) is 5.71. The topological polar surface area (TPSA) is 46.1 Å². The summed E-state index contributed by atoms with van der Waals surface area (Å²) in [5.74, 6) is 1.48. The Morgan fingerprint density at radius 2 is 1.90 bits per heavy atom. The van der Waals surface area contributed by atoms with E-state index in [1.807, 2.05) is 18.5 Å². The number of fused-ring (bicyclic) bond motifs is 1. The number of anilines is 1. The molecular weight excluding hydrogens is 286 g/mol. The first-order valence-corrected chi connectivity index (χ1v) is 7.55. The van der Waals surface area contributed by atoms with Crippen LogP contribution in [-0.4, -0.2) is 29.3 Å². The molecule has 3 heterocycles. The average Bonchev–Trinajstić information content (AvgIpc) is 2.37. The highest BCUT2D eigenvalue weighted by atomic mass is 35.5. The Morgan fingerprint density at radius 1 is 1.24 bits per heavy atom. The van der Waals surface area contributed by atoms with Gasteiger partial charge in [0.15, 0.2) is 0 Å². The first kappa shape index (κ1) is 15.7. The lowest BCUT2D eigenvalue weighted by atomic mass is 9.99. The van der Waals surface area contributed by atoms with Crippen molar-refractivity contribution in [3.05, 3.63) is 29.2 Å². The number of rotatable bonds is 2. The summed E-state index contributed by atoms with van der Waals surface area (Å²) in [5.41, 5.74) is 1.23. The lowest BCUT2D eigenvalue weighted by molar-refractivity contribution is -0.106. The number of halogens is 1. The molecule has 21 heavy (non-hydrogen) atoms. The van der Waals surface area contributed by atoms with Crippen LogP contribution in [0.5, 0.6) is 0 Å². The second-order valence-electron chi connectivity index (χ2n) is 5.32. The molecule has 1 saturated heterocycles. The average molecular weight is 306 g/mol. The minimum absolute atomic E-state index is 0.434. The molecule has 0 unspecified atom stereocenters. The maximum atomic E-state index is 8.81. The third kappa shape index (κ3) is 3.32. The second kappa shape index (κ2) is 6.85. The molecule has 0 N–H and O–H groups in total. The molecule has 1 aliphatic rings. The van der Waals surface area contributed by atoms with Gasteiger partial charge in [0.1, 0.15) is 17.3 Å². The third-order valence-corrected chi connectivity index (χ3v) is 3.73. The van der Waals surface area contributed by atoms with E-state index in [-0.39, 0.29) is 0 Å². The number of nitrogens with zero attached hydrogens (tertiary/aromatic N) is 3. The van der Waals surface area contributed by atoms with E-state index in [0.717, 1.165) is 30.6 Å². The Balaban J connectivity index is 0.000000497. The number of carbonyl (C=O) groups excluding carboxylic acids is 1. The van der Waals surface area contributed by atoms with Gasteiger partial charge < -0.3 is 9.69 Å². The van der Waals surface area contributed by atoms with Crippen molar-refractivity contribution in [1.29, 1.82) is 0 Å². The monoisotopic (exact) mass is 305 g/mol. The zero-order chi connectivity index (χ0) is 15.4. The lowest BCUT2D eigenvalue weighted by Gasteiger charge is -2.33. The molecule has 2 aromatic rings. The van der Waals surface area contributed by atoms with Crippen LogP contribution in [0.4, 0.5) is 5.82 Å². The smallest absolute Gasteiger partial charge is 0.137 e. The minimum Gasteiger partial charge on any atom is -0.356 e. The third-order valence-electron chi connectivity index (χ3n) is 3.53. The van der Waals surface area contributed by atoms with Crippen molar-refractivity contribution in [2.75, 3.05) is 18.0 Å². The standard InChI is InChI=1S/C14H16ClN3.C2H4O/c1-9(2)11-7-17-14(18-4-3-5-18)12-8-16-13(15)6-10(11)12;1-2-3/h6-9H,3-5H2,1-2H3;2H,1H3. The van der Waals surface area contributed by atoms with Crippen LogP contribution in [-0.2, 0) is 4.79 Å². The molecule has 0 bridgehead atoms. The molecule has 3 rings (SSSR count). The molecule has 2 aromatic heterocycles. The van der Waals surface area contributed by atoms with Gasteiger partial charge in [-0.15, -0.1) is 0 Å². The van der Waals surface area contributed by atoms with Gasteiger partial charge in [-0.3, -0.25) is 0 Å². The molecule has 0 radical (unpaired) electrons. The highest BCUT2D eigenvalue weighted by molar-refractivity contribution is 6.30. The van der Waals surface area contributed by atoms with E-state index in [2.05, 4.69) is 28.7 Å². The number of carbonyl (C=O) groups is 1. The van der Waals surface area contributed by atoms with E-state index in [9.17, 15) is 0 Å². The van der Waals surface area contributed by atoms with Crippen LogP contribution in [0, 0.1) is 0 Å². The zero-order valence-electron chi connectivity index (χ0n) is 12.6. The summed E-state index contributed by atoms with van der Waals surface area (Å²) in [5, 5.41) is 2.84. The molecule has 4 nitrogen and oxygen atoms in total. The molecule has 1 aliphatic heterocycles. The maximum absolute atomic E-state index is 8.81. The van der Waals surface area contributed by atoms with Crippen LogP contribution in [0.25, 0.3) is 10.8 Å². The van der Waals surface area contributed by atoms with Crippen molar-refractivity contribution >= 4 is 34.5 Å². The Bertz CT molecular complexity index is 639. The molecule has 0 aromatic carbocycles. The molecule has 5 heteroatoms. The Hall–Kier alpha value is -1.68. The van der Waals surface area contributed by atoms with Gasteiger partial charge in [0, 0.05) is 30.9 Å². The fraction of sp³-hybridized carbons (Fsp3) is 0.438. The predicted octanol–water partition coefficient (Wildman–Crippen LogP) is 3.82. The van der Waals surface area contributed by atoms with Crippen LogP contribution >= 0.6 is 11.6 Å². The van der Waals surface area contributed by atoms with Crippen molar-refractivity contribution in [3.8, 4) is 0 Å². The van der Waals surface area contributed by atoms with Crippen LogP contribution in [0.2, 0.25) is 5.15 Å². The van der Waals surface area contributed by atoms with Crippen molar-refractivity contribution in [1.82, 2.24) is 9.97 Å². The Kier molecular flexibility index (Phi) is 5.12. The van der Waals surface area contributed by atoms with Crippen LogP contribution in [0.15, 0.2) is 18.5 Å². The van der Waals surface area contributed by atoms with E-state index in [0.29, 0.717) is 11.1 Å². The van der Waals surface area contributed by atoms with Gasteiger partial charge in [0.2, 0.25) is 0 Å². The maximum Gasteiger partial charge on any atom is 0.137 e. The van der Waals surface area contributed by atoms with Crippen molar-refractivity contribution < 1.29 is 4.79 Å². The molecular formula is C16H20ClN3O. The van der Waals surface area contributed by atoms with Crippen LogP contribution < -0.4 is 4.90 Å². The number of aromatic nitrogens is 2. The first-order valence-electron chi connectivity index (χ1n) is 7.17. The minimum atomic E-state index is 0.434. The van der Waals surface area contributed by atoms with Crippen molar-refractivity contribution in [2.45, 2.75) is 33.1 Å². The molecule has 0 atom stereocenters. The number of hydrogen-bond acceptors (Lipinski definition) is 4. The summed E-state index contributed by atoms with van der Waals surface area (Å²) < 4.78 is 0. The molecule has 0 aliphatic carbocycles. The summed E-state index contributed by atoms with van der Waals surface area (Å²) in [6.07, 6.45) is 5.83. The van der Waals surface area contributed by atoms with Gasteiger partial charge in [-0.25, -0.2) is 9.97 Å². The molecule has 112 valence electrons. The predicted molar refractivity (Wildman–Crippen MR) is 87.2 cm³/mol. The van der Waals surface area contributed by atoms with Gasteiger partial charge in [-0.2, -0.15) is 0 Å².